The summed E-state index contributed by atoms with van der Waals surface area (Å²) in [6.07, 6.45) is 1.76. The van der Waals surface area contributed by atoms with Crippen LogP contribution in [0.1, 0.15) is 12.5 Å². The number of nitrogens with one attached hydrogen (secondary N) is 1. The average Bonchev–Trinajstić information content (AvgIpc) is 2.58. The highest BCUT2D eigenvalue weighted by molar-refractivity contribution is 5.81. The molecular formula is C19H25N3O2. The van der Waals surface area contributed by atoms with Gasteiger partial charge < -0.3 is 14.4 Å². The van der Waals surface area contributed by atoms with E-state index in [4.69, 9.17) is 9.47 Å². The molecule has 0 saturated carbocycles. The van der Waals surface area contributed by atoms with Crippen LogP contribution in [0.5, 0.6) is 11.5 Å². The van der Waals surface area contributed by atoms with Gasteiger partial charge in [-0.2, -0.15) is 5.10 Å². The summed E-state index contributed by atoms with van der Waals surface area (Å²) >= 11 is 0. The lowest BCUT2D eigenvalue weighted by atomic mass is 10.2. The van der Waals surface area contributed by atoms with Gasteiger partial charge in [-0.1, -0.05) is 18.2 Å². The lowest BCUT2D eigenvalue weighted by molar-refractivity contribution is 0.244. The van der Waals surface area contributed by atoms with Crippen LogP contribution in [0.25, 0.3) is 0 Å². The number of anilines is 1. The van der Waals surface area contributed by atoms with E-state index in [-0.39, 0.29) is 0 Å². The Morgan fingerprint density at radius 1 is 1.04 bits per heavy atom. The third-order valence-electron chi connectivity index (χ3n) is 3.24. The van der Waals surface area contributed by atoms with Gasteiger partial charge in [0.15, 0.2) is 11.5 Å². The van der Waals surface area contributed by atoms with Crippen molar-refractivity contribution in [2.75, 3.05) is 39.3 Å². The quantitative estimate of drug-likeness (QED) is 0.566. The van der Waals surface area contributed by atoms with Crippen LogP contribution >= 0.6 is 0 Å². The Bertz CT molecular complexity index is 642. The lowest BCUT2D eigenvalue weighted by Gasteiger charge is -2.14. The minimum Gasteiger partial charge on any atom is -0.490 e. The van der Waals surface area contributed by atoms with Crippen molar-refractivity contribution in [1.29, 1.82) is 0 Å². The Kier molecular flexibility index (Phi) is 7.11. The Hall–Kier alpha value is -2.53. The van der Waals surface area contributed by atoms with Crippen molar-refractivity contribution in [3.05, 3.63) is 54.1 Å². The molecule has 0 saturated heterocycles. The predicted molar refractivity (Wildman–Crippen MR) is 99.3 cm³/mol. The van der Waals surface area contributed by atoms with Gasteiger partial charge in [0.25, 0.3) is 0 Å². The maximum Gasteiger partial charge on any atom is 0.161 e. The summed E-state index contributed by atoms with van der Waals surface area (Å²) < 4.78 is 11.5. The molecule has 0 aliphatic carbocycles. The van der Waals surface area contributed by atoms with E-state index in [1.165, 1.54) is 0 Å². The van der Waals surface area contributed by atoms with Crippen LogP contribution < -0.4 is 14.9 Å². The maximum absolute atomic E-state index is 5.80. The molecule has 2 aromatic carbocycles. The molecule has 0 atom stereocenters. The minimum absolute atomic E-state index is 0.590. The van der Waals surface area contributed by atoms with Crippen molar-refractivity contribution in [1.82, 2.24) is 4.90 Å². The van der Waals surface area contributed by atoms with E-state index in [0.29, 0.717) is 13.2 Å². The van der Waals surface area contributed by atoms with Gasteiger partial charge in [0, 0.05) is 6.54 Å². The third-order valence-corrected chi connectivity index (χ3v) is 3.24. The molecule has 2 aromatic rings. The molecule has 0 spiro atoms. The topological polar surface area (TPSA) is 46.1 Å². The molecule has 0 heterocycles. The van der Waals surface area contributed by atoms with E-state index in [2.05, 4.69) is 15.4 Å². The summed E-state index contributed by atoms with van der Waals surface area (Å²) in [5.41, 5.74) is 4.89. The van der Waals surface area contributed by atoms with Crippen molar-refractivity contribution >= 4 is 11.9 Å². The first-order valence-electron chi connectivity index (χ1n) is 8.07. The fraction of sp³-hybridized carbons (Fsp3) is 0.316. The van der Waals surface area contributed by atoms with Crippen molar-refractivity contribution in [3.8, 4) is 11.5 Å². The first kappa shape index (κ1) is 17.8. The normalized spacial score (nSPS) is 11.0. The minimum atomic E-state index is 0.590. The molecule has 0 radical (unpaired) electrons. The number of hydrogen-bond donors (Lipinski definition) is 1. The maximum atomic E-state index is 5.80. The molecule has 0 amide bonds. The number of ether oxygens (including phenoxy) is 2. The number of likely N-dealkylation sites (N-methyl/N-ethyl adjacent to an activating group) is 1. The number of rotatable bonds is 9. The van der Waals surface area contributed by atoms with Crippen LogP contribution in [0, 0.1) is 0 Å². The van der Waals surface area contributed by atoms with Gasteiger partial charge in [-0.05, 0) is 56.9 Å². The summed E-state index contributed by atoms with van der Waals surface area (Å²) in [6, 6.07) is 15.6. The van der Waals surface area contributed by atoms with E-state index in [9.17, 15) is 0 Å². The van der Waals surface area contributed by atoms with Gasteiger partial charge >= 0.3 is 0 Å². The number of hydrogen-bond acceptors (Lipinski definition) is 5. The SMILES string of the molecule is CCOc1cc(C=NNc2ccccc2)ccc1OCCN(C)C. The highest BCUT2D eigenvalue weighted by Crippen LogP contribution is 2.28. The summed E-state index contributed by atoms with van der Waals surface area (Å²) in [6.45, 7) is 4.03. The molecule has 1 N–H and O–H groups in total. The molecule has 0 aliphatic heterocycles. The van der Waals surface area contributed by atoms with Crippen LogP contribution in [0.4, 0.5) is 5.69 Å². The number of para-hydroxylation sites is 1. The van der Waals surface area contributed by atoms with Gasteiger partial charge in [0.1, 0.15) is 6.61 Å². The molecule has 5 heteroatoms. The molecule has 0 bridgehead atoms. The summed E-state index contributed by atoms with van der Waals surface area (Å²) in [7, 11) is 4.04. The smallest absolute Gasteiger partial charge is 0.161 e. The highest BCUT2D eigenvalue weighted by Gasteiger charge is 2.06. The zero-order chi connectivity index (χ0) is 17.2. The molecule has 0 aliphatic rings. The monoisotopic (exact) mass is 327 g/mol. The molecule has 0 unspecified atom stereocenters. The molecule has 24 heavy (non-hydrogen) atoms. The average molecular weight is 327 g/mol. The zero-order valence-corrected chi connectivity index (χ0v) is 14.5. The fourth-order valence-corrected chi connectivity index (χ4v) is 2.02. The Balaban J connectivity index is 2.01. The fourth-order valence-electron chi connectivity index (χ4n) is 2.02. The molecule has 5 nitrogen and oxygen atoms in total. The van der Waals surface area contributed by atoms with Crippen LogP contribution in [-0.4, -0.2) is 45.0 Å². The van der Waals surface area contributed by atoms with Gasteiger partial charge in [0.05, 0.1) is 18.5 Å². The molecule has 2 rings (SSSR count). The van der Waals surface area contributed by atoms with E-state index >= 15 is 0 Å². The summed E-state index contributed by atoms with van der Waals surface area (Å²) in [5.74, 6) is 1.49. The molecular weight excluding hydrogens is 302 g/mol. The molecule has 128 valence electrons. The number of nitrogens with zero attached hydrogens (tertiary/aromatic N) is 2. The van der Waals surface area contributed by atoms with Crippen LogP contribution in [-0.2, 0) is 0 Å². The van der Waals surface area contributed by atoms with Gasteiger partial charge in [-0.15, -0.1) is 0 Å². The summed E-state index contributed by atoms with van der Waals surface area (Å²) in [5, 5.41) is 4.25. The second-order valence-electron chi connectivity index (χ2n) is 5.53. The Morgan fingerprint density at radius 3 is 2.54 bits per heavy atom. The van der Waals surface area contributed by atoms with Crippen LogP contribution in [0.15, 0.2) is 53.6 Å². The second kappa shape index (κ2) is 9.57. The van der Waals surface area contributed by atoms with Crippen molar-refractivity contribution in [3.63, 3.8) is 0 Å². The first-order chi connectivity index (χ1) is 11.7. The third kappa shape index (κ3) is 5.93. The lowest BCUT2D eigenvalue weighted by Crippen LogP contribution is -2.19. The summed E-state index contributed by atoms with van der Waals surface area (Å²) in [4.78, 5) is 2.08. The molecule has 0 fully saturated rings. The second-order valence-corrected chi connectivity index (χ2v) is 5.53. The van der Waals surface area contributed by atoms with Gasteiger partial charge in [-0.3, -0.25) is 5.43 Å². The van der Waals surface area contributed by atoms with Gasteiger partial charge in [-0.25, -0.2) is 0 Å². The van der Waals surface area contributed by atoms with Gasteiger partial charge in [0.2, 0.25) is 0 Å². The van der Waals surface area contributed by atoms with Crippen LogP contribution in [0.2, 0.25) is 0 Å². The zero-order valence-electron chi connectivity index (χ0n) is 14.5. The first-order valence-corrected chi connectivity index (χ1v) is 8.07. The van der Waals surface area contributed by atoms with E-state index in [1.54, 1.807) is 6.21 Å². The van der Waals surface area contributed by atoms with Crippen molar-refractivity contribution < 1.29 is 9.47 Å². The number of hydrazone groups is 1. The standard InChI is InChI=1S/C19H25N3O2/c1-4-23-19-14-16(10-11-18(19)24-13-12-22(2)3)15-20-21-17-8-6-5-7-9-17/h5-11,14-15,21H,4,12-13H2,1-3H3. The van der Waals surface area contributed by atoms with E-state index in [0.717, 1.165) is 29.3 Å². The van der Waals surface area contributed by atoms with Crippen molar-refractivity contribution in [2.45, 2.75) is 6.92 Å². The highest BCUT2D eigenvalue weighted by atomic mass is 16.5. The predicted octanol–water partition coefficient (Wildman–Crippen LogP) is 3.47. The number of benzene rings is 2. The van der Waals surface area contributed by atoms with Crippen molar-refractivity contribution in [2.24, 2.45) is 5.10 Å². The molecule has 0 aromatic heterocycles. The van der Waals surface area contributed by atoms with E-state index < -0.39 is 0 Å². The van der Waals surface area contributed by atoms with Crippen LogP contribution in [0.3, 0.4) is 0 Å². The Labute approximate surface area is 143 Å². The largest absolute Gasteiger partial charge is 0.490 e. The Morgan fingerprint density at radius 2 is 1.83 bits per heavy atom. The van der Waals surface area contributed by atoms with E-state index in [1.807, 2.05) is 69.6 Å².